The smallest absolute Gasteiger partial charge is 0.242 e. The molecule has 0 aliphatic carbocycles. The van der Waals surface area contributed by atoms with Crippen molar-refractivity contribution in [1.82, 2.24) is 14.7 Å². The van der Waals surface area contributed by atoms with Gasteiger partial charge in [-0.25, -0.2) is 0 Å². The zero-order valence-electron chi connectivity index (χ0n) is 21.2. The summed E-state index contributed by atoms with van der Waals surface area (Å²) in [4.78, 5) is 30.2. The molecular weight excluding hydrogens is 492 g/mol. The normalized spacial score (nSPS) is 17.8. The van der Waals surface area contributed by atoms with Gasteiger partial charge in [0.05, 0.1) is 44.1 Å². The van der Waals surface area contributed by atoms with Gasteiger partial charge in [-0.3, -0.25) is 19.2 Å². The summed E-state index contributed by atoms with van der Waals surface area (Å²) in [5.74, 6) is 1.96. The SMILES string of the molecule is COc1ccc(OC)c([C@H]2SCC(=O)N(CC(=O)N3CCOCC3)c3c2c(-c2ccccc2)nn3C)c1. The highest BCUT2D eigenvalue weighted by Gasteiger charge is 2.38. The Labute approximate surface area is 220 Å². The summed E-state index contributed by atoms with van der Waals surface area (Å²) in [6.45, 7) is 1.99. The first-order valence-corrected chi connectivity index (χ1v) is 13.2. The first kappa shape index (κ1) is 25.2. The van der Waals surface area contributed by atoms with Crippen LogP contribution in [0.3, 0.4) is 0 Å². The van der Waals surface area contributed by atoms with Crippen LogP contribution in [-0.2, 0) is 21.4 Å². The van der Waals surface area contributed by atoms with Crippen LogP contribution in [0.5, 0.6) is 11.5 Å². The third-order valence-electron chi connectivity index (χ3n) is 6.67. The topological polar surface area (TPSA) is 86.1 Å². The predicted molar refractivity (Wildman–Crippen MR) is 142 cm³/mol. The van der Waals surface area contributed by atoms with Crippen LogP contribution >= 0.6 is 11.8 Å². The highest BCUT2D eigenvalue weighted by atomic mass is 32.2. The van der Waals surface area contributed by atoms with Crippen molar-refractivity contribution in [3.63, 3.8) is 0 Å². The third kappa shape index (κ3) is 4.91. The lowest BCUT2D eigenvalue weighted by atomic mass is 9.98. The number of morpholine rings is 1. The molecule has 3 heterocycles. The van der Waals surface area contributed by atoms with E-state index in [1.807, 2.05) is 55.6 Å². The lowest BCUT2D eigenvalue weighted by Crippen LogP contribution is -2.48. The second-order valence-corrected chi connectivity index (χ2v) is 9.94. The fraction of sp³-hybridized carbons (Fsp3) is 0.370. The molecule has 9 nitrogen and oxygen atoms in total. The van der Waals surface area contributed by atoms with E-state index in [1.54, 1.807) is 28.7 Å². The Morgan fingerprint density at radius 2 is 1.86 bits per heavy atom. The van der Waals surface area contributed by atoms with E-state index in [4.69, 9.17) is 19.3 Å². The fourth-order valence-corrected chi connectivity index (χ4v) is 6.05. The van der Waals surface area contributed by atoms with E-state index in [0.717, 1.165) is 22.4 Å². The average Bonchev–Trinajstić information content (AvgIpc) is 3.21. The van der Waals surface area contributed by atoms with Crippen molar-refractivity contribution >= 4 is 29.4 Å². The molecule has 0 unspecified atom stereocenters. The van der Waals surface area contributed by atoms with E-state index in [9.17, 15) is 9.59 Å². The summed E-state index contributed by atoms with van der Waals surface area (Å²) in [6.07, 6.45) is 0. The molecule has 1 aromatic heterocycles. The first-order valence-electron chi connectivity index (χ1n) is 12.1. The van der Waals surface area contributed by atoms with Crippen molar-refractivity contribution in [2.75, 3.05) is 57.7 Å². The van der Waals surface area contributed by atoms with Crippen molar-refractivity contribution in [3.8, 4) is 22.8 Å². The standard InChI is InChI=1S/C27H30N4O5S/c1-29-27-24(25(28-29)18-7-5-4-6-8-18)26(20-15-19(34-2)9-10-21(20)35-3)37-17-23(33)31(27)16-22(32)30-11-13-36-14-12-30/h4-10,15,26H,11-14,16-17H2,1-3H3/t26-/m1/s1. The molecule has 0 bridgehead atoms. The van der Waals surface area contributed by atoms with Gasteiger partial charge in [0.2, 0.25) is 11.8 Å². The number of anilines is 1. The minimum atomic E-state index is -0.281. The number of hydrogen-bond donors (Lipinski definition) is 0. The maximum absolute atomic E-state index is 13.6. The van der Waals surface area contributed by atoms with E-state index >= 15 is 0 Å². The number of nitrogens with zero attached hydrogens (tertiary/aromatic N) is 4. The van der Waals surface area contributed by atoms with Crippen LogP contribution in [0.4, 0.5) is 5.82 Å². The van der Waals surface area contributed by atoms with Gasteiger partial charge in [-0.15, -0.1) is 11.8 Å². The minimum absolute atomic E-state index is 0.0535. The molecule has 0 saturated carbocycles. The second-order valence-electron chi connectivity index (χ2n) is 8.85. The van der Waals surface area contributed by atoms with Gasteiger partial charge in [0, 0.05) is 36.8 Å². The number of rotatable bonds is 6. The van der Waals surface area contributed by atoms with E-state index in [0.29, 0.717) is 43.6 Å². The number of carbonyl (C=O) groups excluding carboxylic acids is 2. The van der Waals surface area contributed by atoms with Gasteiger partial charge in [0.15, 0.2) is 0 Å². The summed E-state index contributed by atoms with van der Waals surface area (Å²) in [5.41, 5.74) is 3.44. The van der Waals surface area contributed by atoms with Gasteiger partial charge in [-0.2, -0.15) is 5.10 Å². The third-order valence-corrected chi connectivity index (χ3v) is 7.91. The summed E-state index contributed by atoms with van der Waals surface area (Å²) in [5, 5.41) is 4.59. The van der Waals surface area contributed by atoms with Gasteiger partial charge >= 0.3 is 0 Å². The Morgan fingerprint density at radius 3 is 2.57 bits per heavy atom. The number of aryl methyl sites for hydroxylation is 1. The maximum atomic E-state index is 13.6. The molecule has 37 heavy (non-hydrogen) atoms. The van der Waals surface area contributed by atoms with Crippen molar-refractivity contribution in [3.05, 3.63) is 59.7 Å². The molecule has 194 valence electrons. The number of carbonyl (C=O) groups is 2. The van der Waals surface area contributed by atoms with E-state index < -0.39 is 0 Å². The largest absolute Gasteiger partial charge is 0.497 e. The molecule has 5 rings (SSSR count). The van der Waals surface area contributed by atoms with E-state index in [-0.39, 0.29) is 29.4 Å². The molecule has 1 atom stereocenters. The highest BCUT2D eigenvalue weighted by molar-refractivity contribution is 8.00. The number of ether oxygens (including phenoxy) is 3. The molecule has 3 aromatic rings. The number of benzene rings is 2. The van der Waals surface area contributed by atoms with E-state index in [2.05, 4.69) is 0 Å². The van der Waals surface area contributed by atoms with Crippen molar-refractivity contribution in [1.29, 1.82) is 0 Å². The zero-order valence-corrected chi connectivity index (χ0v) is 22.0. The molecule has 0 spiro atoms. The van der Waals surface area contributed by atoms with Crippen LogP contribution in [0, 0.1) is 0 Å². The van der Waals surface area contributed by atoms with Crippen molar-refractivity contribution < 1.29 is 23.8 Å². The van der Waals surface area contributed by atoms with Crippen LogP contribution in [0.1, 0.15) is 16.4 Å². The minimum Gasteiger partial charge on any atom is -0.497 e. The van der Waals surface area contributed by atoms with Gasteiger partial charge < -0.3 is 19.1 Å². The maximum Gasteiger partial charge on any atom is 0.242 e. The molecule has 10 heteroatoms. The number of hydrogen-bond acceptors (Lipinski definition) is 7. The highest BCUT2D eigenvalue weighted by Crippen LogP contribution is 2.50. The van der Waals surface area contributed by atoms with Crippen molar-refractivity contribution in [2.45, 2.75) is 5.25 Å². The monoisotopic (exact) mass is 522 g/mol. The van der Waals surface area contributed by atoms with Gasteiger partial charge in [-0.05, 0) is 18.2 Å². The second kappa shape index (κ2) is 10.9. The number of thioether (sulfide) groups is 1. The Balaban J connectivity index is 1.66. The van der Waals surface area contributed by atoms with E-state index in [1.165, 1.54) is 11.8 Å². The zero-order chi connectivity index (χ0) is 25.9. The van der Waals surface area contributed by atoms with Crippen LogP contribution in [0.2, 0.25) is 0 Å². The number of amides is 2. The summed E-state index contributed by atoms with van der Waals surface area (Å²) < 4.78 is 18.4. The van der Waals surface area contributed by atoms with Crippen molar-refractivity contribution in [2.24, 2.45) is 7.05 Å². The molecule has 2 aliphatic rings. The quantitative estimate of drug-likeness (QED) is 0.492. The summed E-state index contributed by atoms with van der Waals surface area (Å²) in [7, 11) is 5.08. The lowest BCUT2D eigenvalue weighted by molar-refractivity contribution is -0.134. The molecule has 0 N–H and O–H groups in total. The fourth-order valence-electron chi connectivity index (χ4n) is 4.84. The van der Waals surface area contributed by atoms with Crippen LogP contribution in [-0.4, -0.2) is 79.3 Å². The summed E-state index contributed by atoms with van der Waals surface area (Å²) in [6, 6.07) is 15.6. The number of fused-ring (bicyclic) bond motifs is 1. The number of aromatic nitrogens is 2. The first-order chi connectivity index (χ1) is 18.0. The molecule has 1 saturated heterocycles. The van der Waals surface area contributed by atoms with Gasteiger partial charge in [-0.1, -0.05) is 30.3 Å². The Morgan fingerprint density at radius 1 is 1.11 bits per heavy atom. The average molecular weight is 523 g/mol. The molecular formula is C27H30N4O5S. The molecule has 0 radical (unpaired) electrons. The van der Waals surface area contributed by atoms with Gasteiger partial charge in [0.25, 0.3) is 0 Å². The molecule has 2 aliphatic heterocycles. The Bertz CT molecular complexity index is 1290. The van der Waals surface area contributed by atoms with Crippen LogP contribution in [0.15, 0.2) is 48.5 Å². The summed E-state index contributed by atoms with van der Waals surface area (Å²) >= 11 is 1.50. The van der Waals surface area contributed by atoms with Gasteiger partial charge in [0.1, 0.15) is 23.9 Å². The lowest BCUT2D eigenvalue weighted by Gasteiger charge is -2.30. The molecule has 2 aromatic carbocycles. The number of methoxy groups -OCH3 is 2. The van der Waals surface area contributed by atoms with Crippen LogP contribution < -0.4 is 14.4 Å². The Hall–Kier alpha value is -3.50. The Kier molecular flexibility index (Phi) is 7.38. The van der Waals surface area contributed by atoms with Crippen LogP contribution in [0.25, 0.3) is 11.3 Å². The molecule has 1 fully saturated rings. The molecule has 2 amide bonds. The predicted octanol–water partition coefficient (Wildman–Crippen LogP) is 3.13.